The molecule has 1 N–H and O–H groups in total. The fraction of sp³-hybridized carbons (Fsp3) is 0.625. The molecular weight excluding hydrogens is 138 g/mol. The van der Waals surface area contributed by atoms with Crippen LogP contribution >= 0.6 is 0 Å². The lowest BCUT2D eigenvalue weighted by Crippen LogP contribution is -2.34. The molecule has 1 aliphatic heterocycles. The molecule has 1 aromatic rings. The van der Waals surface area contributed by atoms with Gasteiger partial charge in [0.2, 0.25) is 0 Å². The van der Waals surface area contributed by atoms with Crippen molar-refractivity contribution in [2.24, 2.45) is 0 Å². The molecule has 0 saturated heterocycles. The Balaban J connectivity index is 2.30. The molecule has 0 aliphatic carbocycles. The maximum absolute atomic E-state index is 4.02. The molecule has 0 radical (unpaired) electrons. The third-order valence-corrected chi connectivity index (χ3v) is 2.48. The number of H-pyrrole nitrogens is 1. The molecule has 0 amide bonds. The van der Waals surface area contributed by atoms with Gasteiger partial charge in [-0.3, -0.25) is 10.00 Å². The number of hydrogen-bond acceptors (Lipinski definition) is 2. The van der Waals surface area contributed by atoms with Crippen molar-refractivity contribution in [1.29, 1.82) is 0 Å². The molecule has 3 heteroatoms. The van der Waals surface area contributed by atoms with Gasteiger partial charge in [-0.05, 0) is 14.0 Å². The van der Waals surface area contributed by atoms with Crippen LogP contribution in [0.5, 0.6) is 0 Å². The van der Waals surface area contributed by atoms with E-state index in [4.69, 9.17) is 0 Å². The van der Waals surface area contributed by atoms with Crippen LogP contribution < -0.4 is 0 Å². The van der Waals surface area contributed by atoms with Crippen molar-refractivity contribution >= 4 is 0 Å². The maximum atomic E-state index is 4.02. The predicted molar refractivity (Wildman–Crippen MR) is 43.2 cm³/mol. The van der Waals surface area contributed by atoms with E-state index in [1.54, 1.807) is 0 Å². The standard InChI is InChI=1S/C8H13N3/c1-6-3-8-7(4-9-10-8)5-11(6)2/h4,6H,3,5H2,1-2H3,(H,9,10). The molecule has 3 nitrogen and oxygen atoms in total. The average Bonchev–Trinajstić information content (AvgIpc) is 2.36. The molecule has 2 heterocycles. The number of fused-ring (bicyclic) bond motifs is 1. The minimum Gasteiger partial charge on any atom is -0.299 e. The summed E-state index contributed by atoms with van der Waals surface area (Å²) in [6, 6.07) is 0.642. The minimum absolute atomic E-state index is 0.642. The monoisotopic (exact) mass is 151 g/mol. The summed E-state index contributed by atoms with van der Waals surface area (Å²) < 4.78 is 0. The summed E-state index contributed by atoms with van der Waals surface area (Å²) in [5.74, 6) is 0. The Bertz CT molecular complexity index is 229. The summed E-state index contributed by atoms with van der Waals surface area (Å²) in [6.45, 7) is 3.27. The Kier molecular flexibility index (Phi) is 1.46. The zero-order valence-electron chi connectivity index (χ0n) is 6.96. The Hall–Kier alpha value is -0.830. The summed E-state index contributed by atoms with van der Waals surface area (Å²) in [4.78, 5) is 2.35. The SMILES string of the molecule is CC1Cc2[nH]ncc2CN1C. The maximum Gasteiger partial charge on any atom is 0.0535 e. The normalized spacial score (nSPS) is 25.1. The molecule has 1 atom stereocenters. The first-order valence-electron chi connectivity index (χ1n) is 3.98. The van der Waals surface area contributed by atoms with Gasteiger partial charge >= 0.3 is 0 Å². The highest BCUT2D eigenvalue weighted by atomic mass is 15.2. The van der Waals surface area contributed by atoms with Gasteiger partial charge in [0.25, 0.3) is 0 Å². The van der Waals surface area contributed by atoms with Crippen molar-refractivity contribution in [3.05, 3.63) is 17.5 Å². The lowest BCUT2D eigenvalue weighted by Gasteiger charge is -2.28. The number of rotatable bonds is 0. The van der Waals surface area contributed by atoms with E-state index >= 15 is 0 Å². The highest BCUT2D eigenvalue weighted by molar-refractivity contribution is 5.19. The first-order valence-corrected chi connectivity index (χ1v) is 3.98. The molecule has 1 unspecified atom stereocenters. The van der Waals surface area contributed by atoms with Crippen molar-refractivity contribution < 1.29 is 0 Å². The predicted octanol–water partition coefficient (Wildman–Crippen LogP) is 0.786. The van der Waals surface area contributed by atoms with Crippen LogP contribution in [-0.4, -0.2) is 28.2 Å². The second-order valence-corrected chi connectivity index (χ2v) is 3.34. The summed E-state index contributed by atoms with van der Waals surface area (Å²) in [5, 5.41) is 7.05. The Morgan fingerprint density at radius 2 is 2.55 bits per heavy atom. The summed E-state index contributed by atoms with van der Waals surface area (Å²) in [7, 11) is 2.15. The second-order valence-electron chi connectivity index (χ2n) is 3.34. The van der Waals surface area contributed by atoms with Crippen LogP contribution in [0.2, 0.25) is 0 Å². The molecule has 2 rings (SSSR count). The quantitative estimate of drug-likeness (QED) is 0.594. The van der Waals surface area contributed by atoms with Gasteiger partial charge in [-0.2, -0.15) is 5.10 Å². The van der Waals surface area contributed by atoms with E-state index in [9.17, 15) is 0 Å². The number of likely N-dealkylation sites (N-methyl/N-ethyl adjacent to an activating group) is 1. The van der Waals surface area contributed by atoms with Crippen LogP contribution in [0.3, 0.4) is 0 Å². The first-order chi connectivity index (χ1) is 5.27. The van der Waals surface area contributed by atoms with Crippen LogP contribution in [-0.2, 0) is 13.0 Å². The van der Waals surface area contributed by atoms with Crippen LogP contribution in [0.15, 0.2) is 6.20 Å². The fourth-order valence-electron chi connectivity index (χ4n) is 1.53. The van der Waals surface area contributed by atoms with Gasteiger partial charge < -0.3 is 0 Å². The van der Waals surface area contributed by atoms with Crippen molar-refractivity contribution in [2.45, 2.75) is 25.9 Å². The van der Waals surface area contributed by atoms with Crippen molar-refractivity contribution in [1.82, 2.24) is 15.1 Å². The molecule has 11 heavy (non-hydrogen) atoms. The van der Waals surface area contributed by atoms with E-state index in [1.165, 1.54) is 11.3 Å². The van der Waals surface area contributed by atoms with E-state index in [1.807, 2.05) is 6.20 Å². The Labute approximate surface area is 66.4 Å². The van der Waals surface area contributed by atoms with Gasteiger partial charge in [-0.15, -0.1) is 0 Å². The van der Waals surface area contributed by atoms with Crippen molar-refractivity contribution in [3.63, 3.8) is 0 Å². The Morgan fingerprint density at radius 1 is 1.73 bits per heavy atom. The second kappa shape index (κ2) is 2.34. The molecule has 0 bridgehead atoms. The van der Waals surface area contributed by atoms with E-state index in [2.05, 4.69) is 29.1 Å². The minimum atomic E-state index is 0.642. The third-order valence-electron chi connectivity index (χ3n) is 2.48. The molecule has 1 aliphatic rings. The smallest absolute Gasteiger partial charge is 0.0535 e. The van der Waals surface area contributed by atoms with Gasteiger partial charge in [-0.1, -0.05) is 0 Å². The van der Waals surface area contributed by atoms with Crippen LogP contribution in [0, 0.1) is 0 Å². The van der Waals surface area contributed by atoms with Gasteiger partial charge in [-0.25, -0.2) is 0 Å². The van der Waals surface area contributed by atoms with Crippen LogP contribution in [0.1, 0.15) is 18.2 Å². The number of nitrogens with zero attached hydrogens (tertiary/aromatic N) is 2. The van der Waals surface area contributed by atoms with Crippen molar-refractivity contribution in [2.75, 3.05) is 7.05 Å². The molecule has 60 valence electrons. The van der Waals surface area contributed by atoms with Gasteiger partial charge in [0.15, 0.2) is 0 Å². The molecule has 0 aromatic carbocycles. The fourth-order valence-corrected chi connectivity index (χ4v) is 1.53. The molecule has 0 spiro atoms. The lowest BCUT2D eigenvalue weighted by molar-refractivity contribution is 0.230. The lowest BCUT2D eigenvalue weighted by atomic mass is 10.0. The summed E-state index contributed by atoms with van der Waals surface area (Å²) >= 11 is 0. The van der Waals surface area contributed by atoms with Crippen LogP contribution in [0.25, 0.3) is 0 Å². The molecule has 1 aromatic heterocycles. The zero-order valence-corrected chi connectivity index (χ0v) is 6.96. The molecule has 0 saturated carbocycles. The van der Waals surface area contributed by atoms with E-state index in [0.717, 1.165) is 13.0 Å². The summed E-state index contributed by atoms with van der Waals surface area (Å²) in [5.41, 5.74) is 2.67. The number of hydrogen-bond donors (Lipinski definition) is 1. The Morgan fingerprint density at radius 3 is 3.36 bits per heavy atom. The van der Waals surface area contributed by atoms with Crippen LogP contribution in [0.4, 0.5) is 0 Å². The topological polar surface area (TPSA) is 31.9 Å². The third kappa shape index (κ3) is 1.05. The highest BCUT2D eigenvalue weighted by Crippen LogP contribution is 2.18. The van der Waals surface area contributed by atoms with Gasteiger partial charge in [0, 0.05) is 30.3 Å². The zero-order chi connectivity index (χ0) is 7.84. The van der Waals surface area contributed by atoms with E-state index in [0.29, 0.717) is 6.04 Å². The highest BCUT2D eigenvalue weighted by Gasteiger charge is 2.20. The van der Waals surface area contributed by atoms with Gasteiger partial charge in [0.1, 0.15) is 0 Å². The molecule has 0 fully saturated rings. The first kappa shape index (κ1) is 6.85. The largest absolute Gasteiger partial charge is 0.299 e. The van der Waals surface area contributed by atoms with E-state index in [-0.39, 0.29) is 0 Å². The summed E-state index contributed by atoms with van der Waals surface area (Å²) in [6.07, 6.45) is 3.03. The number of nitrogens with one attached hydrogen (secondary N) is 1. The van der Waals surface area contributed by atoms with Crippen molar-refractivity contribution in [3.8, 4) is 0 Å². The van der Waals surface area contributed by atoms with Gasteiger partial charge in [0.05, 0.1) is 6.20 Å². The number of aromatic amines is 1. The number of aromatic nitrogens is 2. The molecular formula is C8H13N3. The average molecular weight is 151 g/mol. The van der Waals surface area contributed by atoms with E-state index < -0.39 is 0 Å².